The lowest BCUT2D eigenvalue weighted by atomic mass is 10.3. The minimum absolute atomic E-state index is 0.407. The van der Waals surface area contributed by atoms with E-state index >= 15 is 0 Å². The summed E-state index contributed by atoms with van der Waals surface area (Å²) in [6, 6.07) is 6.05. The summed E-state index contributed by atoms with van der Waals surface area (Å²) in [6.07, 6.45) is -5.12. The van der Waals surface area contributed by atoms with Crippen molar-refractivity contribution >= 4 is 21.4 Å². The first kappa shape index (κ1) is 18.4. The smallest absolute Gasteiger partial charge is 0.404 e. The van der Waals surface area contributed by atoms with Crippen molar-refractivity contribution in [3.05, 3.63) is 58.4 Å². The summed E-state index contributed by atoms with van der Waals surface area (Å²) >= 11 is 0. The number of sulfonamides is 1. The van der Waals surface area contributed by atoms with Crippen molar-refractivity contribution in [2.45, 2.75) is 11.3 Å². The highest BCUT2D eigenvalue weighted by atomic mass is 32.2. The number of ether oxygens (including phenoxy) is 1. The molecule has 0 radical (unpaired) electrons. The molecule has 0 aliphatic rings. The van der Waals surface area contributed by atoms with Gasteiger partial charge in [0.2, 0.25) is 5.82 Å². The first-order chi connectivity index (χ1) is 11.5. The van der Waals surface area contributed by atoms with E-state index in [0.29, 0.717) is 12.1 Å². The number of hydrogen-bond donors (Lipinski definition) is 1. The molecule has 2 aromatic rings. The Kier molecular flexibility index (Phi) is 4.83. The van der Waals surface area contributed by atoms with Gasteiger partial charge in [0.15, 0.2) is 0 Å². The molecule has 0 saturated carbocycles. The van der Waals surface area contributed by atoms with Crippen molar-refractivity contribution in [1.29, 1.82) is 0 Å². The van der Waals surface area contributed by atoms with E-state index < -0.39 is 49.1 Å². The topological polar surface area (TPSA) is 98.5 Å². The maximum atomic E-state index is 13.3. The molecule has 0 aromatic heterocycles. The molecule has 2 rings (SSSR count). The molecule has 0 amide bonds. The zero-order valence-electron chi connectivity index (χ0n) is 12.0. The van der Waals surface area contributed by atoms with E-state index in [1.54, 1.807) is 0 Å². The Labute approximate surface area is 138 Å². The van der Waals surface area contributed by atoms with Gasteiger partial charge in [-0.3, -0.25) is 14.8 Å². The van der Waals surface area contributed by atoms with Gasteiger partial charge in [0.25, 0.3) is 10.0 Å². The highest BCUT2D eigenvalue weighted by molar-refractivity contribution is 7.92. The molecule has 0 aliphatic carbocycles. The fourth-order valence-electron chi connectivity index (χ4n) is 1.81. The van der Waals surface area contributed by atoms with Gasteiger partial charge in [0.05, 0.1) is 10.6 Å². The summed E-state index contributed by atoms with van der Waals surface area (Å²) in [7, 11) is -4.59. The maximum absolute atomic E-state index is 13.3. The number of nitrogens with zero attached hydrogens (tertiary/aromatic N) is 1. The van der Waals surface area contributed by atoms with Crippen molar-refractivity contribution in [2.24, 2.45) is 0 Å². The first-order valence-electron chi connectivity index (χ1n) is 6.31. The third-order valence-corrected chi connectivity index (χ3v) is 4.18. The van der Waals surface area contributed by atoms with Crippen LogP contribution in [-0.2, 0) is 10.0 Å². The molecular formula is C13H8F4N2O5S. The van der Waals surface area contributed by atoms with E-state index in [-0.39, 0.29) is 0 Å². The maximum Gasteiger partial charge on any atom is 0.573 e. The number of nitro benzene ring substituents is 1. The summed E-state index contributed by atoms with van der Waals surface area (Å²) in [4.78, 5) is 8.74. The molecule has 0 unspecified atom stereocenters. The van der Waals surface area contributed by atoms with E-state index in [2.05, 4.69) is 4.74 Å². The van der Waals surface area contributed by atoms with Gasteiger partial charge in [0.1, 0.15) is 10.6 Å². The van der Waals surface area contributed by atoms with Crippen LogP contribution in [0.25, 0.3) is 0 Å². The third kappa shape index (κ3) is 4.56. The lowest BCUT2D eigenvalue weighted by Gasteiger charge is -2.14. The fraction of sp³-hybridized carbons (Fsp3) is 0.0769. The predicted molar refractivity (Wildman–Crippen MR) is 77.0 cm³/mol. The van der Waals surface area contributed by atoms with E-state index in [1.165, 1.54) is 0 Å². The number of para-hydroxylation sites is 1. The minimum Gasteiger partial charge on any atom is -0.404 e. The number of alkyl halides is 3. The van der Waals surface area contributed by atoms with Crippen LogP contribution in [0, 0.1) is 15.9 Å². The van der Waals surface area contributed by atoms with Gasteiger partial charge in [-0.2, -0.15) is 4.39 Å². The summed E-state index contributed by atoms with van der Waals surface area (Å²) in [6.45, 7) is 0. The SMILES string of the molecule is O=[N+]([O-])c1cc(NS(=O)(=O)c2ccccc2OC(F)(F)F)ccc1F. The molecule has 7 nitrogen and oxygen atoms in total. The Hall–Kier alpha value is -2.89. The second kappa shape index (κ2) is 6.55. The van der Waals surface area contributed by atoms with Crippen molar-refractivity contribution in [3.8, 4) is 5.75 Å². The molecule has 0 aliphatic heterocycles. The second-order valence-corrected chi connectivity index (χ2v) is 6.17. The number of nitrogens with one attached hydrogen (secondary N) is 1. The Balaban J connectivity index is 2.41. The molecule has 25 heavy (non-hydrogen) atoms. The number of halogens is 4. The molecule has 0 atom stereocenters. The molecule has 0 heterocycles. The highest BCUT2D eigenvalue weighted by Crippen LogP contribution is 2.31. The Bertz CT molecular complexity index is 915. The van der Waals surface area contributed by atoms with Gasteiger partial charge in [0, 0.05) is 6.07 Å². The van der Waals surface area contributed by atoms with Crippen LogP contribution in [0.3, 0.4) is 0 Å². The molecule has 12 heteroatoms. The van der Waals surface area contributed by atoms with Crippen molar-refractivity contribution in [2.75, 3.05) is 4.72 Å². The Morgan fingerprint density at radius 3 is 2.36 bits per heavy atom. The van der Waals surface area contributed by atoms with Gasteiger partial charge < -0.3 is 4.74 Å². The second-order valence-electron chi connectivity index (χ2n) is 4.52. The molecule has 2 aromatic carbocycles. The van der Waals surface area contributed by atoms with Gasteiger partial charge in [-0.05, 0) is 24.3 Å². The third-order valence-electron chi connectivity index (χ3n) is 2.76. The Morgan fingerprint density at radius 2 is 1.76 bits per heavy atom. The van der Waals surface area contributed by atoms with Crippen molar-refractivity contribution in [1.82, 2.24) is 0 Å². The normalized spacial score (nSPS) is 11.8. The van der Waals surface area contributed by atoms with Crippen LogP contribution in [0.4, 0.5) is 28.9 Å². The Morgan fingerprint density at radius 1 is 1.12 bits per heavy atom. The molecule has 0 spiro atoms. The molecular weight excluding hydrogens is 372 g/mol. The zero-order valence-corrected chi connectivity index (χ0v) is 12.8. The molecule has 134 valence electrons. The van der Waals surface area contributed by atoms with Crippen LogP contribution >= 0.6 is 0 Å². The van der Waals surface area contributed by atoms with Crippen molar-refractivity contribution < 1.29 is 35.6 Å². The van der Waals surface area contributed by atoms with E-state index in [4.69, 9.17) is 0 Å². The standard InChI is InChI=1S/C13H8F4N2O5S/c14-9-6-5-8(7-10(9)19(20)21)18-25(22,23)12-4-2-1-3-11(12)24-13(15,16)17/h1-7,18H. The van der Waals surface area contributed by atoms with Crippen molar-refractivity contribution in [3.63, 3.8) is 0 Å². The van der Waals surface area contributed by atoms with Crippen LogP contribution in [0.5, 0.6) is 5.75 Å². The summed E-state index contributed by atoms with van der Waals surface area (Å²) in [5, 5.41) is 10.7. The van der Waals surface area contributed by atoms with Crippen LogP contribution in [0.2, 0.25) is 0 Å². The lowest BCUT2D eigenvalue weighted by molar-refractivity contribution is -0.387. The van der Waals surface area contributed by atoms with Gasteiger partial charge in [-0.15, -0.1) is 13.2 Å². The predicted octanol–water partition coefficient (Wildman–Crippen LogP) is 3.43. The van der Waals surface area contributed by atoms with Gasteiger partial charge in [-0.25, -0.2) is 8.42 Å². The number of nitro groups is 1. The quantitative estimate of drug-likeness (QED) is 0.487. The highest BCUT2D eigenvalue weighted by Gasteiger charge is 2.34. The molecule has 0 saturated heterocycles. The summed E-state index contributed by atoms with van der Waals surface area (Å²) in [5.41, 5.74) is -1.41. The van der Waals surface area contributed by atoms with Gasteiger partial charge in [-0.1, -0.05) is 12.1 Å². The van der Waals surface area contributed by atoms with Crippen LogP contribution in [-0.4, -0.2) is 19.7 Å². The number of benzene rings is 2. The van der Waals surface area contributed by atoms with E-state index in [1.807, 2.05) is 4.72 Å². The van der Waals surface area contributed by atoms with Gasteiger partial charge >= 0.3 is 12.0 Å². The molecule has 0 bridgehead atoms. The largest absolute Gasteiger partial charge is 0.573 e. The van der Waals surface area contributed by atoms with E-state index in [0.717, 1.165) is 30.3 Å². The number of anilines is 1. The van der Waals surface area contributed by atoms with Crippen LogP contribution < -0.4 is 9.46 Å². The fourth-order valence-corrected chi connectivity index (χ4v) is 2.99. The summed E-state index contributed by atoms with van der Waals surface area (Å²) in [5.74, 6) is -2.19. The lowest BCUT2D eigenvalue weighted by Crippen LogP contribution is -2.20. The first-order valence-corrected chi connectivity index (χ1v) is 7.79. The van der Waals surface area contributed by atoms with Crippen LogP contribution in [0.1, 0.15) is 0 Å². The number of rotatable bonds is 5. The molecule has 1 N–H and O–H groups in total. The average molecular weight is 380 g/mol. The van der Waals surface area contributed by atoms with Crippen LogP contribution in [0.15, 0.2) is 47.4 Å². The van der Waals surface area contributed by atoms with E-state index in [9.17, 15) is 36.1 Å². The number of hydrogen-bond acceptors (Lipinski definition) is 5. The zero-order chi connectivity index (χ0) is 18.8. The minimum atomic E-state index is -5.12. The average Bonchev–Trinajstić information content (AvgIpc) is 2.47. The summed E-state index contributed by atoms with van der Waals surface area (Å²) < 4.78 is 80.4. The monoisotopic (exact) mass is 380 g/mol. The molecule has 0 fully saturated rings.